The molecule has 0 aromatic heterocycles. The van der Waals surface area contributed by atoms with Crippen molar-refractivity contribution in [2.75, 3.05) is 0 Å². The van der Waals surface area contributed by atoms with Gasteiger partial charge in [0.05, 0.1) is 0 Å². The molecule has 19 heavy (non-hydrogen) atoms. The van der Waals surface area contributed by atoms with Crippen LogP contribution in [0.3, 0.4) is 0 Å². The maximum Gasteiger partial charge on any atom is 0.576 e. The summed E-state index contributed by atoms with van der Waals surface area (Å²) in [6.07, 6.45) is 0. The van der Waals surface area contributed by atoms with Crippen LogP contribution in [-0.2, 0) is 0 Å². The normalized spacial score (nSPS) is 10.1. The summed E-state index contributed by atoms with van der Waals surface area (Å²) in [6, 6.07) is 11.0. The second kappa shape index (κ2) is 6.22. The van der Waals surface area contributed by atoms with Crippen LogP contribution in [0, 0.1) is 13.8 Å². The Morgan fingerprint density at radius 3 is 1.63 bits per heavy atom. The lowest BCUT2D eigenvalue weighted by Gasteiger charge is -2.11. The lowest BCUT2D eigenvalue weighted by Crippen LogP contribution is -2.12. The molecule has 2 nitrogen and oxygen atoms in total. The number of rotatable bonds is 4. The topological polar surface area (TPSA) is 18.5 Å². The van der Waals surface area contributed by atoms with E-state index in [0.29, 0.717) is 21.5 Å². The van der Waals surface area contributed by atoms with Crippen LogP contribution in [0.4, 0.5) is 0 Å². The van der Waals surface area contributed by atoms with Crippen LogP contribution in [0.2, 0.25) is 10.0 Å². The van der Waals surface area contributed by atoms with Gasteiger partial charge in [0.1, 0.15) is 11.5 Å². The van der Waals surface area contributed by atoms with Crippen molar-refractivity contribution in [3.63, 3.8) is 0 Å². The molecule has 0 amide bonds. The van der Waals surface area contributed by atoms with Crippen LogP contribution in [0.25, 0.3) is 0 Å². The van der Waals surface area contributed by atoms with E-state index in [0.717, 1.165) is 11.1 Å². The molecule has 0 unspecified atom stereocenters. The Labute approximate surface area is 123 Å². The predicted octanol–water partition coefficient (Wildman–Crippen LogP) is 4.33. The van der Waals surface area contributed by atoms with E-state index in [1.807, 2.05) is 38.1 Å². The monoisotopic (exact) mass is 294 g/mol. The molecule has 0 bridgehead atoms. The van der Waals surface area contributed by atoms with Gasteiger partial charge in [0, 0.05) is 10.0 Å². The van der Waals surface area contributed by atoms with Gasteiger partial charge in [-0.2, -0.15) is 0 Å². The summed E-state index contributed by atoms with van der Waals surface area (Å²) in [5.74, 6) is 1.43. The molecule has 0 atom stereocenters. The predicted molar refractivity (Wildman–Crippen MR) is 80.8 cm³/mol. The van der Waals surface area contributed by atoms with Gasteiger partial charge in [0.15, 0.2) is 0 Å². The molecule has 0 aliphatic carbocycles. The Balaban J connectivity index is 2.00. The molecular weight excluding hydrogens is 282 g/mol. The molecule has 2 rings (SSSR count). The first kappa shape index (κ1) is 14.1. The van der Waals surface area contributed by atoms with Gasteiger partial charge in [-0.1, -0.05) is 35.3 Å². The molecular formula is C14H13BCl2O2. The fourth-order valence-electron chi connectivity index (χ4n) is 1.62. The third-order valence-corrected chi connectivity index (χ3v) is 3.20. The van der Waals surface area contributed by atoms with Crippen LogP contribution in [0.15, 0.2) is 36.4 Å². The SMILES string of the molecule is Cc1ccc(Cl)cc1OBOc1cc(Cl)ccc1C. The largest absolute Gasteiger partial charge is 0.576 e. The molecule has 2 aromatic rings. The van der Waals surface area contributed by atoms with Crippen molar-refractivity contribution in [2.45, 2.75) is 13.8 Å². The molecule has 0 spiro atoms. The standard InChI is InChI=1S/C14H13BCl2O2/c1-9-3-5-11(16)7-13(9)18-15-19-14-8-12(17)6-4-10(14)2/h3-8,15H,1-2H3. The summed E-state index contributed by atoms with van der Waals surface area (Å²) in [6.45, 7) is 3.91. The summed E-state index contributed by atoms with van der Waals surface area (Å²) >= 11 is 11.8. The maximum atomic E-state index is 5.92. The smallest absolute Gasteiger partial charge is 0.528 e. The first-order valence-electron chi connectivity index (χ1n) is 5.84. The summed E-state index contributed by atoms with van der Waals surface area (Å²) < 4.78 is 11.1. The highest BCUT2D eigenvalue weighted by atomic mass is 35.5. The Morgan fingerprint density at radius 2 is 1.21 bits per heavy atom. The van der Waals surface area contributed by atoms with Crippen molar-refractivity contribution in [3.8, 4) is 11.5 Å². The van der Waals surface area contributed by atoms with Crippen LogP contribution >= 0.6 is 23.2 Å². The highest BCUT2D eigenvalue weighted by molar-refractivity contribution is 6.31. The van der Waals surface area contributed by atoms with Crippen molar-refractivity contribution in [1.29, 1.82) is 0 Å². The van der Waals surface area contributed by atoms with Crippen LogP contribution in [0.1, 0.15) is 11.1 Å². The van der Waals surface area contributed by atoms with E-state index in [4.69, 9.17) is 32.5 Å². The van der Waals surface area contributed by atoms with Gasteiger partial charge < -0.3 is 9.31 Å². The molecule has 0 heterocycles. The van der Waals surface area contributed by atoms with Crippen molar-refractivity contribution in [1.82, 2.24) is 0 Å². The molecule has 0 radical (unpaired) electrons. The zero-order valence-electron chi connectivity index (χ0n) is 10.7. The molecule has 0 aliphatic heterocycles. The van der Waals surface area contributed by atoms with E-state index in [-0.39, 0.29) is 7.69 Å². The lowest BCUT2D eigenvalue weighted by atomic mass is 10.2. The Bertz CT molecular complexity index is 536. The van der Waals surface area contributed by atoms with Crippen molar-refractivity contribution >= 4 is 30.9 Å². The average Bonchev–Trinajstić information content (AvgIpc) is 2.38. The van der Waals surface area contributed by atoms with Crippen LogP contribution < -0.4 is 9.31 Å². The van der Waals surface area contributed by atoms with E-state index < -0.39 is 0 Å². The molecule has 0 N–H and O–H groups in total. The van der Waals surface area contributed by atoms with Gasteiger partial charge >= 0.3 is 7.69 Å². The van der Waals surface area contributed by atoms with E-state index in [1.54, 1.807) is 12.1 Å². The molecule has 5 heteroatoms. The summed E-state index contributed by atoms with van der Waals surface area (Å²) in [5.41, 5.74) is 2.02. The van der Waals surface area contributed by atoms with Crippen molar-refractivity contribution < 1.29 is 9.31 Å². The van der Waals surface area contributed by atoms with Crippen molar-refractivity contribution in [2.24, 2.45) is 0 Å². The highest BCUT2D eigenvalue weighted by Crippen LogP contribution is 2.24. The molecule has 98 valence electrons. The number of aryl methyl sites for hydroxylation is 2. The first-order valence-corrected chi connectivity index (χ1v) is 6.60. The summed E-state index contributed by atoms with van der Waals surface area (Å²) in [7, 11) is 0.113. The van der Waals surface area contributed by atoms with E-state index in [1.165, 1.54) is 0 Å². The molecule has 0 saturated carbocycles. The second-order valence-corrected chi connectivity index (χ2v) is 5.10. The van der Waals surface area contributed by atoms with Gasteiger partial charge in [-0.05, 0) is 49.2 Å². The van der Waals surface area contributed by atoms with Gasteiger partial charge in [0.2, 0.25) is 0 Å². The van der Waals surface area contributed by atoms with Crippen LogP contribution in [0.5, 0.6) is 11.5 Å². The lowest BCUT2D eigenvalue weighted by molar-refractivity contribution is 0.455. The third kappa shape index (κ3) is 3.82. The number of benzene rings is 2. The minimum Gasteiger partial charge on any atom is -0.528 e. The molecule has 0 aliphatic rings. The van der Waals surface area contributed by atoms with Gasteiger partial charge in [0.25, 0.3) is 0 Å². The summed E-state index contributed by atoms with van der Waals surface area (Å²) in [4.78, 5) is 0. The van der Waals surface area contributed by atoms with Crippen molar-refractivity contribution in [3.05, 3.63) is 57.6 Å². The quantitative estimate of drug-likeness (QED) is 0.781. The number of hydrogen-bond acceptors (Lipinski definition) is 2. The zero-order valence-corrected chi connectivity index (χ0v) is 12.3. The summed E-state index contributed by atoms with van der Waals surface area (Å²) in [5, 5.41) is 1.28. The Hall–Kier alpha value is -1.32. The third-order valence-electron chi connectivity index (χ3n) is 2.73. The Morgan fingerprint density at radius 1 is 0.789 bits per heavy atom. The minimum absolute atomic E-state index is 0.113. The first-order chi connectivity index (χ1) is 9.06. The fraction of sp³-hybridized carbons (Fsp3) is 0.143. The number of hydrogen-bond donors (Lipinski definition) is 0. The minimum atomic E-state index is 0.113. The van der Waals surface area contributed by atoms with E-state index in [9.17, 15) is 0 Å². The van der Waals surface area contributed by atoms with Gasteiger partial charge in [-0.25, -0.2) is 0 Å². The zero-order chi connectivity index (χ0) is 13.8. The fourth-order valence-corrected chi connectivity index (χ4v) is 1.94. The second-order valence-electron chi connectivity index (χ2n) is 4.23. The average molecular weight is 295 g/mol. The van der Waals surface area contributed by atoms with Crippen LogP contribution in [-0.4, -0.2) is 7.69 Å². The maximum absolute atomic E-state index is 5.92. The van der Waals surface area contributed by atoms with Gasteiger partial charge in [-0.15, -0.1) is 0 Å². The molecule has 0 fully saturated rings. The number of halogens is 2. The van der Waals surface area contributed by atoms with E-state index >= 15 is 0 Å². The molecule has 2 aromatic carbocycles. The molecule has 0 saturated heterocycles. The Kier molecular flexibility index (Phi) is 4.62. The highest BCUT2D eigenvalue weighted by Gasteiger charge is 2.06. The van der Waals surface area contributed by atoms with E-state index in [2.05, 4.69) is 0 Å². The van der Waals surface area contributed by atoms with Gasteiger partial charge in [-0.3, -0.25) is 0 Å².